The standard InChI is InChI=1S/C7H8O3S.C3H7N3O/c1-6-2-4-7(5-3-6)11(8,9)10;1-3(7)2-5-6-4/h2-5H,1H3,(H,8,9,10);3,7H,2H2,1H3. The third kappa shape index (κ3) is 7.64. The zero-order valence-electron chi connectivity index (χ0n) is 10.1. The zero-order valence-corrected chi connectivity index (χ0v) is 10.9. The molecule has 0 aliphatic rings. The number of nitrogens with zero attached hydrogens (tertiary/aromatic N) is 3. The van der Waals surface area contributed by atoms with E-state index in [4.69, 9.17) is 15.2 Å². The van der Waals surface area contributed by atoms with Crippen molar-refractivity contribution in [3.8, 4) is 0 Å². The van der Waals surface area contributed by atoms with Gasteiger partial charge in [-0.15, -0.1) is 0 Å². The first-order chi connectivity index (χ1) is 8.27. The average Bonchev–Trinajstić information content (AvgIpc) is 2.26. The Morgan fingerprint density at radius 2 is 1.89 bits per heavy atom. The van der Waals surface area contributed by atoms with Gasteiger partial charge in [-0.05, 0) is 31.5 Å². The van der Waals surface area contributed by atoms with Crippen molar-refractivity contribution in [1.29, 1.82) is 0 Å². The summed E-state index contributed by atoms with van der Waals surface area (Å²) in [5.41, 5.74) is 8.62. The molecule has 100 valence electrons. The number of aliphatic hydroxyl groups is 1. The van der Waals surface area contributed by atoms with E-state index >= 15 is 0 Å². The van der Waals surface area contributed by atoms with E-state index in [1.165, 1.54) is 12.1 Å². The molecule has 7 nitrogen and oxygen atoms in total. The summed E-state index contributed by atoms with van der Waals surface area (Å²) in [6.45, 7) is 3.57. The number of benzene rings is 1. The minimum absolute atomic E-state index is 0.0666. The van der Waals surface area contributed by atoms with Crippen LogP contribution in [0.3, 0.4) is 0 Å². The van der Waals surface area contributed by atoms with Crippen molar-refractivity contribution in [3.63, 3.8) is 0 Å². The van der Waals surface area contributed by atoms with Crippen LogP contribution in [0.15, 0.2) is 34.3 Å². The highest BCUT2D eigenvalue weighted by Gasteiger charge is 2.06. The molecule has 0 saturated heterocycles. The van der Waals surface area contributed by atoms with Crippen LogP contribution in [0.25, 0.3) is 10.4 Å². The van der Waals surface area contributed by atoms with Gasteiger partial charge in [0.25, 0.3) is 10.1 Å². The van der Waals surface area contributed by atoms with Gasteiger partial charge >= 0.3 is 0 Å². The normalized spacial score (nSPS) is 11.8. The van der Waals surface area contributed by atoms with Gasteiger partial charge in [0.15, 0.2) is 0 Å². The molecule has 0 radical (unpaired) electrons. The van der Waals surface area contributed by atoms with E-state index in [0.717, 1.165) is 5.56 Å². The fraction of sp³-hybridized carbons (Fsp3) is 0.400. The number of hydrogen-bond acceptors (Lipinski definition) is 4. The van der Waals surface area contributed by atoms with Crippen LogP contribution in [0.4, 0.5) is 0 Å². The molecule has 18 heavy (non-hydrogen) atoms. The molecule has 1 unspecified atom stereocenters. The Morgan fingerprint density at radius 1 is 1.39 bits per heavy atom. The van der Waals surface area contributed by atoms with Crippen LogP contribution in [-0.4, -0.2) is 30.7 Å². The lowest BCUT2D eigenvalue weighted by Crippen LogP contribution is -2.01. The molecule has 1 atom stereocenters. The predicted molar refractivity (Wildman–Crippen MR) is 66.7 cm³/mol. The fourth-order valence-electron chi connectivity index (χ4n) is 0.865. The molecule has 0 aliphatic carbocycles. The van der Waals surface area contributed by atoms with Crippen LogP contribution in [0.1, 0.15) is 12.5 Å². The smallest absolute Gasteiger partial charge is 0.294 e. The number of aliphatic hydroxyl groups excluding tert-OH is 1. The van der Waals surface area contributed by atoms with Crippen LogP contribution in [-0.2, 0) is 10.1 Å². The Hall–Kier alpha value is -1.60. The van der Waals surface area contributed by atoms with Crippen molar-refractivity contribution in [3.05, 3.63) is 40.3 Å². The van der Waals surface area contributed by atoms with Gasteiger partial charge in [-0.2, -0.15) is 8.42 Å². The van der Waals surface area contributed by atoms with Crippen LogP contribution < -0.4 is 0 Å². The summed E-state index contributed by atoms with van der Waals surface area (Å²) >= 11 is 0. The molecule has 1 aromatic rings. The summed E-state index contributed by atoms with van der Waals surface area (Å²) in [5.74, 6) is 0. The SMILES string of the molecule is CC(O)CN=[N+]=[N-].Cc1ccc(S(=O)(=O)O)cc1. The molecule has 2 N–H and O–H groups in total. The van der Waals surface area contributed by atoms with Crippen molar-refractivity contribution in [2.45, 2.75) is 24.8 Å². The van der Waals surface area contributed by atoms with E-state index in [1.807, 2.05) is 6.92 Å². The van der Waals surface area contributed by atoms with Gasteiger partial charge in [-0.1, -0.05) is 22.8 Å². The Kier molecular flexibility index (Phi) is 6.99. The summed E-state index contributed by atoms with van der Waals surface area (Å²) in [6.07, 6.45) is -0.518. The van der Waals surface area contributed by atoms with Crippen LogP contribution in [0.2, 0.25) is 0 Å². The first-order valence-electron chi connectivity index (χ1n) is 5.00. The average molecular weight is 273 g/mol. The quantitative estimate of drug-likeness (QED) is 0.378. The van der Waals surface area contributed by atoms with Crippen LogP contribution >= 0.6 is 0 Å². The third-order valence-corrected chi connectivity index (χ3v) is 2.60. The number of aryl methyl sites for hydroxylation is 1. The first kappa shape index (κ1) is 16.4. The lowest BCUT2D eigenvalue weighted by molar-refractivity contribution is 0.203. The molecule has 0 amide bonds. The van der Waals surface area contributed by atoms with Crippen LogP contribution in [0, 0.1) is 6.92 Å². The molecule has 0 heterocycles. The monoisotopic (exact) mass is 273 g/mol. The van der Waals surface area contributed by atoms with E-state index in [2.05, 4.69) is 10.0 Å². The lowest BCUT2D eigenvalue weighted by Gasteiger charge is -1.95. The molecule has 0 fully saturated rings. The number of hydrogen-bond donors (Lipinski definition) is 2. The highest BCUT2D eigenvalue weighted by atomic mass is 32.2. The summed E-state index contributed by atoms with van der Waals surface area (Å²) in [6, 6.07) is 5.99. The van der Waals surface area contributed by atoms with Crippen molar-refractivity contribution in [2.75, 3.05) is 6.54 Å². The molecule has 0 aliphatic heterocycles. The third-order valence-electron chi connectivity index (χ3n) is 1.73. The second-order valence-corrected chi connectivity index (χ2v) is 4.97. The molecule has 0 spiro atoms. The van der Waals surface area contributed by atoms with Gasteiger partial charge in [-0.3, -0.25) is 4.55 Å². The maximum absolute atomic E-state index is 10.5. The highest BCUT2D eigenvalue weighted by molar-refractivity contribution is 7.85. The van der Waals surface area contributed by atoms with Gasteiger partial charge in [0.1, 0.15) is 0 Å². The number of azide groups is 1. The van der Waals surface area contributed by atoms with Gasteiger partial charge in [0.05, 0.1) is 17.5 Å². The summed E-state index contributed by atoms with van der Waals surface area (Å²) in [7, 11) is -4.02. The topological polar surface area (TPSA) is 123 Å². The molecule has 1 rings (SSSR count). The largest absolute Gasteiger partial charge is 0.393 e. The Morgan fingerprint density at radius 3 is 2.17 bits per heavy atom. The summed E-state index contributed by atoms with van der Waals surface area (Å²) in [4.78, 5) is 2.37. The Bertz CT molecular complexity index is 504. The van der Waals surface area contributed by atoms with Crippen molar-refractivity contribution < 1.29 is 18.1 Å². The molecular weight excluding hydrogens is 258 g/mol. The molecule has 0 saturated carbocycles. The van der Waals surface area contributed by atoms with Crippen LogP contribution in [0.5, 0.6) is 0 Å². The van der Waals surface area contributed by atoms with Crippen molar-refractivity contribution in [2.24, 2.45) is 5.11 Å². The van der Waals surface area contributed by atoms with Gasteiger partial charge in [-0.25, -0.2) is 0 Å². The highest BCUT2D eigenvalue weighted by Crippen LogP contribution is 2.08. The maximum atomic E-state index is 10.5. The predicted octanol–water partition coefficient (Wildman–Crippen LogP) is 1.92. The maximum Gasteiger partial charge on any atom is 0.294 e. The van der Waals surface area contributed by atoms with E-state index < -0.39 is 16.2 Å². The van der Waals surface area contributed by atoms with Crippen molar-refractivity contribution in [1.82, 2.24) is 0 Å². The summed E-state index contributed by atoms with van der Waals surface area (Å²) in [5, 5.41) is 11.5. The second kappa shape index (κ2) is 7.67. The van der Waals surface area contributed by atoms with Crippen molar-refractivity contribution >= 4 is 10.1 Å². The van der Waals surface area contributed by atoms with Gasteiger partial charge < -0.3 is 5.11 Å². The Balaban J connectivity index is 0.000000360. The van der Waals surface area contributed by atoms with Gasteiger partial charge in [0.2, 0.25) is 0 Å². The minimum Gasteiger partial charge on any atom is -0.393 e. The summed E-state index contributed by atoms with van der Waals surface area (Å²) < 4.78 is 29.6. The molecule has 8 heteroatoms. The van der Waals surface area contributed by atoms with E-state index in [1.54, 1.807) is 19.1 Å². The minimum atomic E-state index is -4.02. The zero-order chi connectivity index (χ0) is 14.2. The Labute approximate surface area is 105 Å². The second-order valence-electron chi connectivity index (χ2n) is 3.55. The van der Waals surface area contributed by atoms with E-state index in [9.17, 15) is 8.42 Å². The molecular formula is C10H15N3O4S. The lowest BCUT2D eigenvalue weighted by atomic mass is 10.2. The number of rotatable bonds is 3. The van der Waals surface area contributed by atoms with Gasteiger partial charge in [0, 0.05) is 4.91 Å². The molecule has 0 bridgehead atoms. The van der Waals surface area contributed by atoms with E-state index in [0.29, 0.717) is 0 Å². The first-order valence-corrected chi connectivity index (χ1v) is 6.44. The molecule has 0 aromatic heterocycles. The fourth-order valence-corrected chi connectivity index (χ4v) is 1.34. The van der Waals surface area contributed by atoms with E-state index in [-0.39, 0.29) is 11.4 Å². The molecule has 1 aromatic carbocycles.